The first kappa shape index (κ1) is 16.8. The average molecular weight is 342 g/mol. The van der Waals surface area contributed by atoms with E-state index in [-0.39, 0.29) is 34.6 Å². The highest BCUT2D eigenvalue weighted by atomic mass is 19.1. The van der Waals surface area contributed by atoms with Crippen molar-refractivity contribution in [3.05, 3.63) is 82.6 Å². The van der Waals surface area contributed by atoms with E-state index in [9.17, 15) is 18.7 Å². The van der Waals surface area contributed by atoms with Crippen LogP contribution in [0.4, 0.5) is 8.78 Å². The molecular weight excluding hydrogens is 326 g/mol. The third-order valence-electron chi connectivity index (χ3n) is 4.33. The molecule has 0 radical (unpaired) electrons. The summed E-state index contributed by atoms with van der Waals surface area (Å²) >= 11 is 0. The molecule has 2 aromatic rings. The van der Waals surface area contributed by atoms with Gasteiger partial charge in [0.15, 0.2) is 0 Å². The van der Waals surface area contributed by atoms with Crippen molar-refractivity contribution in [1.29, 1.82) is 5.41 Å². The van der Waals surface area contributed by atoms with Crippen LogP contribution in [0.15, 0.2) is 59.9 Å². The second-order valence-corrected chi connectivity index (χ2v) is 5.83. The number of nitrogens with one attached hydrogen (secondary N) is 1. The van der Waals surface area contributed by atoms with Gasteiger partial charge in [0.05, 0.1) is 11.8 Å². The van der Waals surface area contributed by atoms with Crippen molar-refractivity contribution in [1.82, 2.24) is 4.90 Å². The first-order chi connectivity index (χ1) is 11.9. The number of aliphatic hydroxyl groups is 1. The molecule has 0 saturated heterocycles. The highest BCUT2D eigenvalue weighted by Crippen LogP contribution is 2.35. The quantitative estimate of drug-likeness (QED) is 0.835. The second-order valence-electron chi connectivity index (χ2n) is 5.83. The Morgan fingerprint density at radius 1 is 1.12 bits per heavy atom. The molecule has 1 amide bonds. The number of nitrogens with zero attached hydrogens (tertiary/aromatic N) is 1. The Labute approximate surface area is 143 Å². The van der Waals surface area contributed by atoms with E-state index in [1.54, 1.807) is 24.3 Å². The third kappa shape index (κ3) is 2.91. The Bertz CT molecular complexity index is 892. The smallest absolute Gasteiger partial charge is 0.259 e. The molecule has 0 aliphatic carbocycles. The Kier molecular flexibility index (Phi) is 4.35. The Morgan fingerprint density at radius 2 is 1.72 bits per heavy atom. The number of carbonyl (C=O) groups is 1. The molecule has 0 fully saturated rings. The molecule has 1 unspecified atom stereocenters. The fourth-order valence-electron chi connectivity index (χ4n) is 2.98. The van der Waals surface area contributed by atoms with Crippen LogP contribution >= 0.6 is 0 Å². The minimum atomic E-state index is -0.689. The topological polar surface area (TPSA) is 64.4 Å². The molecular formula is C19H16F2N2O2. The molecule has 4 nitrogen and oxygen atoms in total. The zero-order chi connectivity index (χ0) is 18.1. The number of aliphatic hydroxyl groups excluding tert-OH is 1. The Morgan fingerprint density at radius 3 is 2.36 bits per heavy atom. The van der Waals surface area contributed by atoms with Crippen molar-refractivity contribution >= 4 is 11.6 Å². The first-order valence-electron chi connectivity index (χ1n) is 7.69. The minimum absolute atomic E-state index is 0.0463. The van der Waals surface area contributed by atoms with Crippen molar-refractivity contribution < 1.29 is 18.7 Å². The second kappa shape index (κ2) is 6.47. The lowest BCUT2D eigenvalue weighted by atomic mass is 9.90. The average Bonchev–Trinajstić information content (AvgIpc) is 2.59. The molecule has 1 heterocycles. The maximum absolute atomic E-state index is 14.0. The van der Waals surface area contributed by atoms with Gasteiger partial charge in [-0.3, -0.25) is 10.2 Å². The zero-order valence-electron chi connectivity index (χ0n) is 13.5. The van der Waals surface area contributed by atoms with Crippen molar-refractivity contribution in [3.63, 3.8) is 0 Å². The van der Waals surface area contributed by atoms with Crippen LogP contribution in [0.5, 0.6) is 0 Å². The van der Waals surface area contributed by atoms with Crippen LogP contribution in [0.2, 0.25) is 0 Å². The summed E-state index contributed by atoms with van der Waals surface area (Å²) in [7, 11) is 1.47. The SMILES string of the molecule is CN1C(=O)C(C(=N)c2ccccc2F)=C(O)CC1c1ccccc1F. The number of carbonyl (C=O) groups excluding carboxylic acids is 1. The number of amides is 1. The minimum Gasteiger partial charge on any atom is -0.511 e. The van der Waals surface area contributed by atoms with Crippen LogP contribution in [0, 0.1) is 17.0 Å². The van der Waals surface area contributed by atoms with E-state index in [1.165, 1.54) is 36.2 Å². The normalized spacial score (nSPS) is 17.8. The van der Waals surface area contributed by atoms with Crippen LogP contribution in [0.3, 0.4) is 0 Å². The summed E-state index contributed by atoms with van der Waals surface area (Å²) in [5.41, 5.74) is -0.448. The predicted molar refractivity (Wildman–Crippen MR) is 89.4 cm³/mol. The molecule has 2 aromatic carbocycles. The highest BCUT2D eigenvalue weighted by molar-refractivity contribution is 6.27. The van der Waals surface area contributed by atoms with Gasteiger partial charge in [0, 0.05) is 24.6 Å². The lowest BCUT2D eigenvalue weighted by Gasteiger charge is -2.34. The number of hydrogen-bond acceptors (Lipinski definition) is 3. The molecule has 2 N–H and O–H groups in total. The van der Waals surface area contributed by atoms with Crippen molar-refractivity contribution in [3.8, 4) is 0 Å². The molecule has 1 aliphatic rings. The van der Waals surface area contributed by atoms with E-state index in [0.717, 1.165) is 0 Å². The van der Waals surface area contributed by atoms with Gasteiger partial charge in [-0.1, -0.05) is 30.3 Å². The maximum atomic E-state index is 14.0. The third-order valence-corrected chi connectivity index (χ3v) is 4.33. The zero-order valence-corrected chi connectivity index (χ0v) is 13.5. The van der Waals surface area contributed by atoms with Crippen molar-refractivity contribution in [2.24, 2.45) is 0 Å². The van der Waals surface area contributed by atoms with Gasteiger partial charge in [-0.05, 0) is 18.2 Å². The van der Waals surface area contributed by atoms with Gasteiger partial charge in [-0.25, -0.2) is 8.78 Å². The van der Waals surface area contributed by atoms with Crippen LogP contribution in [-0.2, 0) is 4.79 Å². The molecule has 128 valence electrons. The number of rotatable bonds is 3. The summed E-state index contributed by atoms with van der Waals surface area (Å²) in [5, 5.41) is 18.5. The summed E-state index contributed by atoms with van der Waals surface area (Å²) in [6.07, 6.45) is -0.0463. The van der Waals surface area contributed by atoms with E-state index < -0.39 is 23.6 Å². The van der Waals surface area contributed by atoms with Gasteiger partial charge >= 0.3 is 0 Å². The standard InChI is InChI=1S/C19H16F2N2O2/c1-23-15(11-6-2-4-8-13(11)20)10-16(24)17(19(23)25)18(22)12-7-3-5-9-14(12)21/h2-9,15,22,24H,10H2,1H3. The van der Waals surface area contributed by atoms with Gasteiger partial charge in [0.25, 0.3) is 5.91 Å². The van der Waals surface area contributed by atoms with Crippen LogP contribution < -0.4 is 0 Å². The Hall–Kier alpha value is -3.02. The predicted octanol–water partition coefficient (Wildman–Crippen LogP) is 3.75. The van der Waals surface area contributed by atoms with E-state index in [2.05, 4.69) is 0 Å². The lowest BCUT2D eigenvalue weighted by molar-refractivity contribution is -0.128. The fourth-order valence-corrected chi connectivity index (χ4v) is 2.98. The number of hydrogen-bond donors (Lipinski definition) is 2. The van der Waals surface area contributed by atoms with E-state index in [0.29, 0.717) is 0 Å². The van der Waals surface area contributed by atoms with Gasteiger partial charge in [0.2, 0.25) is 0 Å². The van der Waals surface area contributed by atoms with E-state index in [4.69, 9.17) is 5.41 Å². The monoisotopic (exact) mass is 342 g/mol. The maximum Gasteiger partial charge on any atom is 0.259 e. The van der Waals surface area contributed by atoms with Crippen molar-refractivity contribution in [2.75, 3.05) is 7.05 Å². The van der Waals surface area contributed by atoms with Gasteiger partial charge in [0.1, 0.15) is 23.0 Å². The molecule has 6 heteroatoms. The molecule has 1 atom stereocenters. The Balaban J connectivity index is 2.02. The molecule has 0 saturated carbocycles. The van der Waals surface area contributed by atoms with Crippen LogP contribution in [0.1, 0.15) is 23.6 Å². The van der Waals surface area contributed by atoms with Gasteiger partial charge < -0.3 is 10.0 Å². The summed E-state index contributed by atoms with van der Waals surface area (Å²) in [6, 6.07) is 10.9. The lowest BCUT2D eigenvalue weighted by Crippen LogP contribution is -2.39. The van der Waals surface area contributed by atoms with E-state index in [1.807, 2.05) is 0 Å². The largest absolute Gasteiger partial charge is 0.511 e. The molecule has 0 spiro atoms. The fraction of sp³-hybridized carbons (Fsp3) is 0.158. The summed E-state index contributed by atoms with van der Waals surface area (Å²) in [5.74, 6) is -2.12. The number of halogens is 2. The summed E-state index contributed by atoms with van der Waals surface area (Å²) in [6.45, 7) is 0. The van der Waals surface area contributed by atoms with Crippen molar-refractivity contribution in [2.45, 2.75) is 12.5 Å². The highest BCUT2D eigenvalue weighted by Gasteiger charge is 2.36. The summed E-state index contributed by atoms with van der Waals surface area (Å²) < 4.78 is 28.0. The van der Waals surface area contributed by atoms with Crippen LogP contribution in [0.25, 0.3) is 0 Å². The van der Waals surface area contributed by atoms with Crippen LogP contribution in [-0.4, -0.2) is 28.7 Å². The number of benzene rings is 2. The van der Waals surface area contributed by atoms with Gasteiger partial charge in [-0.2, -0.15) is 0 Å². The summed E-state index contributed by atoms with van der Waals surface area (Å²) in [4.78, 5) is 13.9. The van der Waals surface area contributed by atoms with Gasteiger partial charge in [-0.15, -0.1) is 0 Å². The molecule has 0 aromatic heterocycles. The molecule has 0 bridgehead atoms. The number of likely N-dealkylation sites (N-methyl/N-ethyl adjacent to an activating group) is 1. The first-order valence-corrected chi connectivity index (χ1v) is 7.69. The molecule has 1 aliphatic heterocycles. The molecule has 25 heavy (non-hydrogen) atoms. The van der Waals surface area contributed by atoms with E-state index >= 15 is 0 Å². The molecule has 3 rings (SSSR count).